The van der Waals surface area contributed by atoms with E-state index in [0.29, 0.717) is 19.5 Å². The molecule has 0 bridgehead atoms. The molecule has 1 aliphatic rings. The maximum atomic E-state index is 12.0. The maximum Gasteiger partial charge on any atom is 0.239 e. The molecule has 5 nitrogen and oxygen atoms in total. The van der Waals surface area contributed by atoms with Crippen molar-refractivity contribution in [2.24, 2.45) is 0 Å². The number of rotatable bonds is 5. The third-order valence-corrected chi connectivity index (χ3v) is 3.39. The van der Waals surface area contributed by atoms with Gasteiger partial charge in [-0.2, -0.15) is 0 Å². The molecule has 0 spiro atoms. The van der Waals surface area contributed by atoms with Crippen molar-refractivity contribution in [2.45, 2.75) is 32.4 Å². The Bertz CT molecular complexity index is 494. The minimum absolute atomic E-state index is 0. The molecule has 0 saturated heterocycles. The first-order valence-corrected chi connectivity index (χ1v) is 7.05. The average molecular weight is 312 g/mol. The van der Waals surface area contributed by atoms with E-state index in [9.17, 15) is 9.59 Å². The summed E-state index contributed by atoms with van der Waals surface area (Å²) in [6.45, 7) is 3.36. The molecule has 116 valence electrons. The van der Waals surface area contributed by atoms with Crippen molar-refractivity contribution in [1.29, 1.82) is 0 Å². The predicted octanol–water partition coefficient (Wildman–Crippen LogP) is 0.765. The molecule has 6 heteroatoms. The molecule has 2 amide bonds. The average Bonchev–Trinajstić information content (AvgIpc) is 2.50. The van der Waals surface area contributed by atoms with E-state index in [1.807, 2.05) is 25.1 Å². The van der Waals surface area contributed by atoms with Crippen LogP contribution in [-0.4, -0.2) is 30.9 Å². The van der Waals surface area contributed by atoms with Gasteiger partial charge >= 0.3 is 0 Å². The number of fused-ring (bicyclic) bond motifs is 1. The zero-order chi connectivity index (χ0) is 14.4. The molecule has 2 rings (SSSR count). The number of benzene rings is 1. The van der Waals surface area contributed by atoms with Crippen LogP contribution in [0.25, 0.3) is 0 Å². The highest BCUT2D eigenvalue weighted by atomic mass is 35.5. The summed E-state index contributed by atoms with van der Waals surface area (Å²) in [5.41, 5.74) is 2.43. The third kappa shape index (κ3) is 5.02. The molecule has 0 aromatic heterocycles. The van der Waals surface area contributed by atoms with Crippen LogP contribution >= 0.6 is 12.4 Å². The van der Waals surface area contributed by atoms with E-state index in [-0.39, 0.29) is 36.8 Å². The smallest absolute Gasteiger partial charge is 0.239 e. The van der Waals surface area contributed by atoms with Crippen molar-refractivity contribution in [3.8, 4) is 0 Å². The van der Waals surface area contributed by atoms with E-state index in [1.165, 1.54) is 11.1 Å². The number of hydrogen-bond acceptors (Lipinski definition) is 3. The molecule has 0 fully saturated rings. The summed E-state index contributed by atoms with van der Waals surface area (Å²) in [6.07, 6.45) is 1.55. The van der Waals surface area contributed by atoms with Gasteiger partial charge in [-0.3, -0.25) is 9.59 Å². The summed E-state index contributed by atoms with van der Waals surface area (Å²) >= 11 is 0. The molecular formula is C15H22ClN3O2. The number of halogens is 1. The van der Waals surface area contributed by atoms with Gasteiger partial charge in [-0.25, -0.2) is 0 Å². The third-order valence-electron chi connectivity index (χ3n) is 3.39. The van der Waals surface area contributed by atoms with Crippen molar-refractivity contribution in [1.82, 2.24) is 16.0 Å². The monoisotopic (exact) mass is 311 g/mol. The Morgan fingerprint density at radius 2 is 1.95 bits per heavy atom. The molecule has 1 atom stereocenters. The second-order valence-electron chi connectivity index (χ2n) is 4.97. The molecule has 0 aliphatic carbocycles. The molecule has 0 saturated carbocycles. The highest BCUT2D eigenvalue weighted by Crippen LogP contribution is 2.16. The summed E-state index contributed by atoms with van der Waals surface area (Å²) in [5, 5.41) is 8.61. The van der Waals surface area contributed by atoms with E-state index in [2.05, 4.69) is 22.0 Å². The molecule has 21 heavy (non-hydrogen) atoms. The van der Waals surface area contributed by atoms with Gasteiger partial charge in [0.15, 0.2) is 0 Å². The Hall–Kier alpha value is -1.59. The van der Waals surface area contributed by atoms with Crippen LogP contribution in [-0.2, 0) is 22.6 Å². The van der Waals surface area contributed by atoms with Gasteiger partial charge in [0, 0.05) is 13.1 Å². The van der Waals surface area contributed by atoms with Crippen LogP contribution in [0.5, 0.6) is 0 Å². The SMILES string of the molecule is CCCNC(=O)CNC(=O)[C@@H]1Cc2ccccc2CN1.Cl. The molecule has 0 radical (unpaired) electrons. The summed E-state index contributed by atoms with van der Waals surface area (Å²) in [5.74, 6) is -0.262. The minimum Gasteiger partial charge on any atom is -0.355 e. The van der Waals surface area contributed by atoms with Crippen LogP contribution in [0.15, 0.2) is 24.3 Å². The highest BCUT2D eigenvalue weighted by molar-refractivity contribution is 5.87. The van der Waals surface area contributed by atoms with Crippen molar-refractivity contribution >= 4 is 24.2 Å². The summed E-state index contributed by atoms with van der Waals surface area (Å²) in [4.78, 5) is 23.5. The van der Waals surface area contributed by atoms with Gasteiger partial charge in [0.2, 0.25) is 11.8 Å². The second kappa shape index (κ2) is 8.64. The largest absolute Gasteiger partial charge is 0.355 e. The molecule has 1 aliphatic heterocycles. The fourth-order valence-electron chi connectivity index (χ4n) is 2.26. The summed E-state index contributed by atoms with van der Waals surface area (Å²) in [7, 11) is 0. The number of carbonyl (C=O) groups is 2. The highest BCUT2D eigenvalue weighted by Gasteiger charge is 2.23. The van der Waals surface area contributed by atoms with E-state index < -0.39 is 0 Å². The number of carbonyl (C=O) groups excluding carboxylic acids is 2. The van der Waals surface area contributed by atoms with Crippen LogP contribution in [0.1, 0.15) is 24.5 Å². The van der Waals surface area contributed by atoms with Gasteiger partial charge in [0.25, 0.3) is 0 Å². The Morgan fingerprint density at radius 1 is 1.24 bits per heavy atom. The first-order chi connectivity index (χ1) is 9.70. The lowest BCUT2D eigenvalue weighted by atomic mass is 9.95. The molecule has 3 N–H and O–H groups in total. The number of hydrogen-bond donors (Lipinski definition) is 3. The van der Waals surface area contributed by atoms with Crippen molar-refractivity contribution < 1.29 is 9.59 Å². The fraction of sp³-hybridized carbons (Fsp3) is 0.467. The lowest BCUT2D eigenvalue weighted by Gasteiger charge is -2.25. The van der Waals surface area contributed by atoms with Crippen LogP contribution in [0.2, 0.25) is 0 Å². The van der Waals surface area contributed by atoms with Crippen LogP contribution < -0.4 is 16.0 Å². The van der Waals surface area contributed by atoms with Gasteiger partial charge in [-0.15, -0.1) is 12.4 Å². The maximum absolute atomic E-state index is 12.0. The molecule has 1 aromatic rings. The van der Waals surface area contributed by atoms with E-state index in [1.54, 1.807) is 0 Å². The molecular weight excluding hydrogens is 290 g/mol. The molecule has 0 unspecified atom stereocenters. The van der Waals surface area contributed by atoms with Crippen LogP contribution in [0, 0.1) is 0 Å². The quantitative estimate of drug-likeness (QED) is 0.752. The number of nitrogens with one attached hydrogen (secondary N) is 3. The minimum atomic E-state index is -0.260. The Kier molecular flexibility index (Phi) is 7.19. The van der Waals surface area contributed by atoms with Gasteiger partial charge in [-0.1, -0.05) is 31.2 Å². The Morgan fingerprint density at radius 3 is 2.67 bits per heavy atom. The van der Waals surface area contributed by atoms with Crippen molar-refractivity contribution in [3.63, 3.8) is 0 Å². The Balaban J connectivity index is 0.00000220. The van der Waals surface area contributed by atoms with Crippen molar-refractivity contribution in [3.05, 3.63) is 35.4 Å². The normalized spacial score (nSPS) is 16.3. The topological polar surface area (TPSA) is 70.2 Å². The summed E-state index contributed by atoms with van der Waals surface area (Å²) < 4.78 is 0. The van der Waals surface area contributed by atoms with E-state index in [0.717, 1.165) is 6.42 Å². The lowest BCUT2D eigenvalue weighted by molar-refractivity contribution is -0.127. The molecule has 1 aromatic carbocycles. The van der Waals surface area contributed by atoms with Gasteiger partial charge < -0.3 is 16.0 Å². The zero-order valence-electron chi connectivity index (χ0n) is 12.1. The van der Waals surface area contributed by atoms with Crippen LogP contribution in [0.4, 0.5) is 0 Å². The predicted molar refractivity (Wildman–Crippen MR) is 84.3 cm³/mol. The second-order valence-corrected chi connectivity index (χ2v) is 4.97. The number of amides is 2. The molecule has 1 heterocycles. The summed E-state index contributed by atoms with van der Waals surface area (Å²) in [6, 6.07) is 7.83. The first-order valence-electron chi connectivity index (χ1n) is 7.05. The van der Waals surface area contributed by atoms with Gasteiger partial charge in [0.1, 0.15) is 0 Å². The van der Waals surface area contributed by atoms with Crippen LogP contribution in [0.3, 0.4) is 0 Å². The van der Waals surface area contributed by atoms with Gasteiger partial charge in [0.05, 0.1) is 12.6 Å². The standard InChI is InChI=1S/C15H21N3O2.ClH/c1-2-7-16-14(19)10-18-15(20)13-8-11-5-3-4-6-12(11)9-17-13;/h3-6,13,17H,2,7-10H2,1H3,(H,16,19)(H,18,20);1H/t13-;/m0./s1. The fourth-order valence-corrected chi connectivity index (χ4v) is 2.26. The van der Waals surface area contributed by atoms with E-state index >= 15 is 0 Å². The lowest BCUT2D eigenvalue weighted by Crippen LogP contribution is -2.49. The van der Waals surface area contributed by atoms with Gasteiger partial charge in [-0.05, 0) is 24.0 Å². The van der Waals surface area contributed by atoms with Crippen molar-refractivity contribution in [2.75, 3.05) is 13.1 Å². The Labute approximate surface area is 131 Å². The zero-order valence-corrected chi connectivity index (χ0v) is 13.0. The van der Waals surface area contributed by atoms with E-state index in [4.69, 9.17) is 0 Å². The first kappa shape index (κ1) is 17.5.